The van der Waals surface area contributed by atoms with E-state index >= 15 is 0 Å². The molecule has 5 heteroatoms. The van der Waals surface area contributed by atoms with Crippen molar-refractivity contribution in [2.45, 2.75) is 13.3 Å². The van der Waals surface area contributed by atoms with Gasteiger partial charge in [0.1, 0.15) is 6.54 Å². The Kier molecular flexibility index (Phi) is 7.57. The zero-order valence-electron chi connectivity index (χ0n) is 8.51. The SMILES string of the molecule is CCc1ccccn1.O=CNCC(=O)O. The molecule has 1 aromatic rings. The van der Waals surface area contributed by atoms with Gasteiger partial charge in [-0.25, -0.2) is 0 Å². The van der Waals surface area contributed by atoms with E-state index < -0.39 is 5.97 Å². The molecule has 15 heavy (non-hydrogen) atoms. The fourth-order valence-corrected chi connectivity index (χ4v) is 0.736. The maximum atomic E-state index is 9.54. The van der Waals surface area contributed by atoms with Gasteiger partial charge >= 0.3 is 5.97 Å². The number of amides is 1. The van der Waals surface area contributed by atoms with Crippen molar-refractivity contribution >= 4 is 12.4 Å². The van der Waals surface area contributed by atoms with Crippen molar-refractivity contribution in [3.63, 3.8) is 0 Å². The molecular weight excluding hydrogens is 196 g/mol. The van der Waals surface area contributed by atoms with Crippen LogP contribution in [0.5, 0.6) is 0 Å². The van der Waals surface area contributed by atoms with Crippen LogP contribution in [0.15, 0.2) is 24.4 Å². The van der Waals surface area contributed by atoms with Gasteiger partial charge in [0.15, 0.2) is 0 Å². The summed E-state index contributed by atoms with van der Waals surface area (Å²) in [5.41, 5.74) is 1.16. The zero-order chi connectivity index (χ0) is 11.5. The molecule has 5 nitrogen and oxygen atoms in total. The first-order valence-corrected chi connectivity index (χ1v) is 4.49. The van der Waals surface area contributed by atoms with Gasteiger partial charge in [0.2, 0.25) is 6.41 Å². The number of nitrogens with one attached hydrogen (secondary N) is 1. The number of nitrogens with zero attached hydrogens (tertiary/aromatic N) is 1. The van der Waals surface area contributed by atoms with Crippen LogP contribution in [0.25, 0.3) is 0 Å². The predicted octanol–water partition coefficient (Wildman–Crippen LogP) is 0.461. The molecule has 0 unspecified atom stereocenters. The van der Waals surface area contributed by atoms with E-state index in [2.05, 4.69) is 11.9 Å². The number of rotatable bonds is 4. The van der Waals surface area contributed by atoms with Crippen molar-refractivity contribution in [1.29, 1.82) is 0 Å². The minimum Gasteiger partial charge on any atom is -0.480 e. The second kappa shape index (κ2) is 8.68. The molecule has 1 heterocycles. The highest BCUT2D eigenvalue weighted by molar-refractivity contribution is 5.71. The Balaban J connectivity index is 0.000000265. The Morgan fingerprint density at radius 2 is 2.33 bits per heavy atom. The minimum absolute atomic E-state index is 0.302. The average molecular weight is 210 g/mol. The summed E-state index contributed by atoms with van der Waals surface area (Å²) in [6, 6.07) is 5.96. The van der Waals surface area contributed by atoms with E-state index in [1.807, 2.05) is 29.7 Å². The maximum Gasteiger partial charge on any atom is 0.322 e. The van der Waals surface area contributed by atoms with Gasteiger partial charge in [-0.15, -0.1) is 0 Å². The van der Waals surface area contributed by atoms with Crippen LogP contribution in [0.1, 0.15) is 12.6 Å². The Morgan fingerprint density at radius 3 is 2.60 bits per heavy atom. The largest absolute Gasteiger partial charge is 0.480 e. The zero-order valence-corrected chi connectivity index (χ0v) is 8.51. The molecule has 1 aromatic heterocycles. The van der Waals surface area contributed by atoms with Crippen LogP contribution in [-0.4, -0.2) is 29.0 Å². The molecule has 0 aliphatic heterocycles. The van der Waals surface area contributed by atoms with Crippen molar-refractivity contribution in [3.8, 4) is 0 Å². The van der Waals surface area contributed by atoms with E-state index in [0.717, 1.165) is 12.1 Å². The van der Waals surface area contributed by atoms with Gasteiger partial charge in [-0.05, 0) is 18.6 Å². The molecule has 0 radical (unpaired) electrons. The number of aryl methyl sites for hydroxylation is 1. The molecule has 0 bridgehead atoms. The Hall–Kier alpha value is -1.91. The second-order valence-corrected chi connectivity index (χ2v) is 2.57. The van der Waals surface area contributed by atoms with Gasteiger partial charge in [0.25, 0.3) is 0 Å². The number of carboxylic acid groups (broad SMARTS) is 1. The van der Waals surface area contributed by atoms with E-state index in [1.54, 1.807) is 0 Å². The van der Waals surface area contributed by atoms with Crippen molar-refractivity contribution < 1.29 is 14.7 Å². The van der Waals surface area contributed by atoms with E-state index in [-0.39, 0.29) is 6.54 Å². The lowest BCUT2D eigenvalue weighted by atomic mass is 10.3. The minimum atomic E-state index is -1.04. The molecule has 0 spiro atoms. The van der Waals surface area contributed by atoms with Gasteiger partial charge < -0.3 is 10.4 Å². The number of carbonyl (C=O) groups excluding carboxylic acids is 1. The number of aliphatic carboxylic acids is 1. The molecule has 0 aliphatic rings. The highest BCUT2D eigenvalue weighted by Gasteiger charge is 1.88. The summed E-state index contributed by atoms with van der Waals surface area (Å²) in [5, 5.41) is 9.79. The third-order valence-electron chi connectivity index (χ3n) is 1.43. The van der Waals surface area contributed by atoms with Gasteiger partial charge in [-0.3, -0.25) is 14.6 Å². The van der Waals surface area contributed by atoms with Crippen molar-refractivity contribution in [2.75, 3.05) is 6.54 Å². The van der Waals surface area contributed by atoms with Crippen LogP contribution < -0.4 is 5.32 Å². The molecule has 2 N–H and O–H groups in total. The quantitative estimate of drug-likeness (QED) is 0.707. The molecule has 0 aliphatic carbocycles. The van der Waals surface area contributed by atoms with Crippen LogP contribution >= 0.6 is 0 Å². The molecule has 0 atom stereocenters. The highest BCUT2D eigenvalue weighted by atomic mass is 16.4. The van der Waals surface area contributed by atoms with Crippen molar-refractivity contribution in [3.05, 3.63) is 30.1 Å². The van der Waals surface area contributed by atoms with Crippen molar-refractivity contribution in [2.24, 2.45) is 0 Å². The average Bonchev–Trinajstić information content (AvgIpc) is 2.28. The predicted molar refractivity (Wildman–Crippen MR) is 55.3 cm³/mol. The Morgan fingerprint density at radius 1 is 1.60 bits per heavy atom. The first-order chi connectivity index (χ1) is 7.20. The maximum absolute atomic E-state index is 9.54. The van der Waals surface area contributed by atoms with Gasteiger partial charge in [0, 0.05) is 11.9 Å². The van der Waals surface area contributed by atoms with Crippen LogP contribution in [0.4, 0.5) is 0 Å². The summed E-state index contributed by atoms with van der Waals surface area (Å²) in [6.07, 6.45) is 3.19. The molecule has 1 rings (SSSR count). The topological polar surface area (TPSA) is 79.3 Å². The number of hydrogen-bond acceptors (Lipinski definition) is 3. The van der Waals surface area contributed by atoms with Gasteiger partial charge in [-0.2, -0.15) is 0 Å². The van der Waals surface area contributed by atoms with E-state index in [9.17, 15) is 9.59 Å². The highest BCUT2D eigenvalue weighted by Crippen LogP contribution is 1.91. The van der Waals surface area contributed by atoms with Crippen molar-refractivity contribution in [1.82, 2.24) is 10.3 Å². The molecular formula is C10H14N2O3. The number of carboxylic acids is 1. The molecule has 0 fully saturated rings. The van der Waals surface area contributed by atoms with Crippen LogP contribution in [-0.2, 0) is 16.0 Å². The van der Waals surface area contributed by atoms with Crippen LogP contribution in [0.3, 0.4) is 0 Å². The smallest absolute Gasteiger partial charge is 0.322 e. The summed E-state index contributed by atoms with van der Waals surface area (Å²) in [6.45, 7) is 1.80. The second-order valence-electron chi connectivity index (χ2n) is 2.57. The van der Waals surface area contributed by atoms with Gasteiger partial charge in [0.05, 0.1) is 0 Å². The Bertz CT molecular complexity index is 288. The van der Waals surface area contributed by atoms with Crippen LogP contribution in [0, 0.1) is 0 Å². The number of carbonyl (C=O) groups is 2. The number of pyridine rings is 1. The molecule has 0 aromatic carbocycles. The first kappa shape index (κ1) is 13.1. The molecule has 0 saturated heterocycles. The number of aromatic nitrogens is 1. The lowest BCUT2D eigenvalue weighted by molar-refractivity contribution is -0.136. The third kappa shape index (κ3) is 8.42. The fourth-order valence-electron chi connectivity index (χ4n) is 0.736. The summed E-state index contributed by atoms with van der Waals surface area (Å²) in [7, 11) is 0. The summed E-state index contributed by atoms with van der Waals surface area (Å²) in [5.74, 6) is -1.04. The number of hydrogen-bond donors (Lipinski definition) is 2. The summed E-state index contributed by atoms with van der Waals surface area (Å²) >= 11 is 0. The lowest BCUT2D eigenvalue weighted by Crippen LogP contribution is -2.20. The summed E-state index contributed by atoms with van der Waals surface area (Å²) < 4.78 is 0. The third-order valence-corrected chi connectivity index (χ3v) is 1.43. The molecule has 0 saturated carbocycles. The first-order valence-electron chi connectivity index (χ1n) is 4.49. The standard InChI is InChI=1S/C7H9N.C3H5NO3/c1-2-7-5-3-4-6-8-7;5-2-4-1-3(6)7/h3-6H,2H2,1H3;2H,1H2,(H,4,5)(H,6,7). The normalized spacial score (nSPS) is 8.33. The van der Waals surface area contributed by atoms with E-state index in [0.29, 0.717) is 6.41 Å². The van der Waals surface area contributed by atoms with E-state index in [1.165, 1.54) is 0 Å². The van der Waals surface area contributed by atoms with Gasteiger partial charge in [-0.1, -0.05) is 13.0 Å². The Labute approximate surface area is 88.1 Å². The molecule has 1 amide bonds. The lowest BCUT2D eigenvalue weighted by Gasteiger charge is -1.88. The van der Waals surface area contributed by atoms with Crippen LogP contribution in [0.2, 0.25) is 0 Å². The molecule has 82 valence electrons. The summed E-state index contributed by atoms with van der Waals surface area (Å²) in [4.78, 5) is 23.0. The van der Waals surface area contributed by atoms with E-state index in [4.69, 9.17) is 5.11 Å². The fraction of sp³-hybridized carbons (Fsp3) is 0.300. The monoisotopic (exact) mass is 210 g/mol.